The summed E-state index contributed by atoms with van der Waals surface area (Å²) in [6.45, 7) is 2.46. The van der Waals surface area contributed by atoms with Gasteiger partial charge in [-0.2, -0.15) is 0 Å². The summed E-state index contributed by atoms with van der Waals surface area (Å²) in [6, 6.07) is 3.79. The van der Waals surface area contributed by atoms with Gasteiger partial charge in [-0.15, -0.1) is 11.3 Å². The third-order valence-electron chi connectivity index (χ3n) is 2.69. The number of hydrogen-bond donors (Lipinski definition) is 3. The number of aliphatic carboxylic acids is 1. The summed E-state index contributed by atoms with van der Waals surface area (Å²) in [5.74, 6) is -0.802. The van der Waals surface area contributed by atoms with Crippen molar-refractivity contribution in [3.63, 3.8) is 0 Å². The molecule has 2 amide bonds. The maximum atomic E-state index is 11.6. The van der Waals surface area contributed by atoms with Crippen LogP contribution in [-0.2, 0) is 11.2 Å². The Kier molecular flexibility index (Phi) is 7.61. The topological polar surface area (TPSA) is 78.4 Å². The van der Waals surface area contributed by atoms with Crippen molar-refractivity contribution in [2.24, 2.45) is 0 Å². The van der Waals surface area contributed by atoms with Crippen molar-refractivity contribution < 1.29 is 14.7 Å². The molecule has 5 nitrogen and oxygen atoms in total. The van der Waals surface area contributed by atoms with Gasteiger partial charge in [0.1, 0.15) is 0 Å². The number of carboxylic acid groups (broad SMARTS) is 1. The van der Waals surface area contributed by atoms with Crippen LogP contribution in [0.3, 0.4) is 0 Å². The summed E-state index contributed by atoms with van der Waals surface area (Å²) < 4.78 is 1.09. The molecule has 0 radical (unpaired) electrons. The lowest BCUT2D eigenvalue weighted by molar-refractivity contribution is -0.137. The number of amides is 2. The molecule has 1 unspecified atom stereocenters. The van der Waals surface area contributed by atoms with E-state index in [1.54, 1.807) is 11.3 Å². The maximum absolute atomic E-state index is 11.6. The summed E-state index contributed by atoms with van der Waals surface area (Å²) in [5, 5.41) is 14.1. The van der Waals surface area contributed by atoms with Gasteiger partial charge in [-0.3, -0.25) is 4.79 Å². The minimum atomic E-state index is -0.802. The van der Waals surface area contributed by atoms with Crippen LogP contribution in [0.15, 0.2) is 15.9 Å². The second-order valence-electron chi connectivity index (χ2n) is 4.54. The molecule has 1 atom stereocenters. The van der Waals surface area contributed by atoms with Crippen molar-refractivity contribution in [1.82, 2.24) is 10.6 Å². The molecule has 0 aliphatic heterocycles. The molecule has 0 spiro atoms. The van der Waals surface area contributed by atoms with Crippen LogP contribution in [0, 0.1) is 0 Å². The third kappa shape index (κ3) is 7.49. The van der Waals surface area contributed by atoms with E-state index in [1.165, 1.54) is 4.88 Å². The highest BCUT2D eigenvalue weighted by Gasteiger charge is 2.07. The smallest absolute Gasteiger partial charge is 0.315 e. The average molecular weight is 363 g/mol. The Balaban J connectivity index is 2.11. The zero-order valence-electron chi connectivity index (χ0n) is 11.3. The normalized spacial score (nSPS) is 11.9. The molecule has 1 aromatic heterocycles. The van der Waals surface area contributed by atoms with Gasteiger partial charge in [0, 0.05) is 23.9 Å². The van der Waals surface area contributed by atoms with Crippen molar-refractivity contribution in [3.05, 3.63) is 20.8 Å². The Hall–Kier alpha value is -1.08. The van der Waals surface area contributed by atoms with E-state index >= 15 is 0 Å². The van der Waals surface area contributed by atoms with Crippen LogP contribution in [-0.4, -0.2) is 29.7 Å². The molecule has 112 valence electrons. The number of rotatable bonds is 8. The highest BCUT2D eigenvalue weighted by molar-refractivity contribution is 9.11. The molecule has 0 aliphatic rings. The number of thiophene rings is 1. The first-order valence-corrected chi connectivity index (χ1v) is 8.08. The van der Waals surface area contributed by atoms with Crippen molar-refractivity contribution >= 4 is 39.3 Å². The zero-order chi connectivity index (χ0) is 15.0. The number of carbonyl (C=O) groups is 2. The lowest BCUT2D eigenvalue weighted by atomic mass is 10.1. The molecule has 1 heterocycles. The average Bonchev–Trinajstić information content (AvgIpc) is 2.74. The quantitative estimate of drug-likeness (QED) is 0.664. The van der Waals surface area contributed by atoms with Crippen molar-refractivity contribution in [3.8, 4) is 0 Å². The fraction of sp³-hybridized carbons (Fsp3) is 0.538. The maximum Gasteiger partial charge on any atom is 0.315 e. The standard InChI is InChI=1S/C13H19BrN2O3S/c1-9(3-2-4-12(17)18)16-13(19)15-8-7-10-5-6-11(14)20-10/h5-6,9H,2-4,7-8H2,1H3,(H,17,18)(H2,15,16,19). The summed E-state index contributed by atoms with van der Waals surface area (Å²) in [7, 11) is 0. The molecule has 0 saturated heterocycles. The number of halogens is 1. The van der Waals surface area contributed by atoms with Gasteiger partial charge in [-0.1, -0.05) is 0 Å². The van der Waals surface area contributed by atoms with Crippen LogP contribution in [0.5, 0.6) is 0 Å². The van der Waals surface area contributed by atoms with E-state index in [0.29, 0.717) is 19.4 Å². The first-order valence-electron chi connectivity index (χ1n) is 6.47. The van der Waals surface area contributed by atoms with Crippen molar-refractivity contribution in [2.75, 3.05) is 6.54 Å². The fourth-order valence-electron chi connectivity index (χ4n) is 1.69. The van der Waals surface area contributed by atoms with Crippen molar-refractivity contribution in [1.29, 1.82) is 0 Å². The van der Waals surface area contributed by atoms with Crippen LogP contribution in [0.1, 0.15) is 31.1 Å². The fourth-order valence-corrected chi connectivity index (χ4v) is 3.17. The molecule has 0 saturated carbocycles. The van der Waals surface area contributed by atoms with Gasteiger partial charge in [0.2, 0.25) is 0 Å². The second kappa shape index (κ2) is 8.97. The highest BCUT2D eigenvalue weighted by Crippen LogP contribution is 2.21. The van der Waals surface area contributed by atoms with Gasteiger partial charge in [0.05, 0.1) is 3.79 Å². The van der Waals surface area contributed by atoms with Crippen LogP contribution < -0.4 is 10.6 Å². The van der Waals surface area contributed by atoms with E-state index in [4.69, 9.17) is 5.11 Å². The summed E-state index contributed by atoms with van der Waals surface area (Å²) in [4.78, 5) is 23.2. The summed E-state index contributed by atoms with van der Waals surface area (Å²) >= 11 is 5.05. The monoisotopic (exact) mass is 362 g/mol. The first-order chi connectivity index (χ1) is 9.47. The van der Waals surface area contributed by atoms with E-state index in [-0.39, 0.29) is 18.5 Å². The Morgan fingerprint density at radius 1 is 1.45 bits per heavy atom. The molecular weight excluding hydrogens is 344 g/mol. The number of hydrogen-bond acceptors (Lipinski definition) is 3. The second-order valence-corrected chi connectivity index (χ2v) is 7.09. The number of nitrogens with one attached hydrogen (secondary N) is 2. The van der Waals surface area contributed by atoms with E-state index in [0.717, 1.165) is 10.2 Å². The predicted octanol–water partition coefficient (Wildman–Crippen LogP) is 3.00. The van der Waals surface area contributed by atoms with Crippen LogP contribution >= 0.6 is 27.3 Å². The molecular formula is C13H19BrN2O3S. The van der Waals surface area contributed by atoms with E-state index in [9.17, 15) is 9.59 Å². The molecule has 0 bridgehead atoms. The molecule has 0 aliphatic carbocycles. The largest absolute Gasteiger partial charge is 0.481 e. The van der Waals surface area contributed by atoms with Gasteiger partial charge in [0.25, 0.3) is 0 Å². The van der Waals surface area contributed by atoms with Crippen LogP contribution in [0.2, 0.25) is 0 Å². The van der Waals surface area contributed by atoms with Gasteiger partial charge in [0.15, 0.2) is 0 Å². The van der Waals surface area contributed by atoms with Gasteiger partial charge >= 0.3 is 12.0 Å². The Morgan fingerprint density at radius 3 is 2.80 bits per heavy atom. The lowest BCUT2D eigenvalue weighted by Crippen LogP contribution is -2.41. The van der Waals surface area contributed by atoms with E-state index in [1.807, 2.05) is 19.1 Å². The predicted molar refractivity (Wildman–Crippen MR) is 83.2 cm³/mol. The first kappa shape index (κ1) is 17.0. The molecule has 0 fully saturated rings. The van der Waals surface area contributed by atoms with Crippen LogP contribution in [0.4, 0.5) is 4.79 Å². The molecule has 1 aromatic rings. The van der Waals surface area contributed by atoms with Gasteiger partial charge in [-0.25, -0.2) is 4.79 Å². The molecule has 1 rings (SSSR count). The Bertz CT molecular complexity index is 451. The van der Waals surface area contributed by atoms with Gasteiger partial charge in [-0.05, 0) is 54.2 Å². The number of urea groups is 1. The van der Waals surface area contributed by atoms with Gasteiger partial charge < -0.3 is 15.7 Å². The minimum Gasteiger partial charge on any atom is -0.481 e. The zero-order valence-corrected chi connectivity index (χ0v) is 13.7. The summed E-state index contributed by atoms with van der Waals surface area (Å²) in [5.41, 5.74) is 0. The highest BCUT2D eigenvalue weighted by atomic mass is 79.9. The number of carboxylic acids is 1. The Labute approximate surface area is 130 Å². The van der Waals surface area contributed by atoms with Crippen LogP contribution in [0.25, 0.3) is 0 Å². The minimum absolute atomic E-state index is 0.0229. The van der Waals surface area contributed by atoms with E-state index < -0.39 is 5.97 Å². The molecule has 3 N–H and O–H groups in total. The SMILES string of the molecule is CC(CCCC(=O)O)NC(=O)NCCc1ccc(Br)s1. The number of carbonyl (C=O) groups excluding carboxylic acids is 1. The molecule has 7 heteroatoms. The van der Waals surface area contributed by atoms with E-state index in [2.05, 4.69) is 26.6 Å². The lowest BCUT2D eigenvalue weighted by Gasteiger charge is -2.13. The third-order valence-corrected chi connectivity index (χ3v) is 4.37. The molecule has 20 heavy (non-hydrogen) atoms. The molecule has 0 aromatic carbocycles. The Morgan fingerprint density at radius 2 is 2.20 bits per heavy atom. The summed E-state index contributed by atoms with van der Waals surface area (Å²) in [6.07, 6.45) is 2.18. The van der Waals surface area contributed by atoms with Crippen molar-refractivity contribution in [2.45, 2.75) is 38.6 Å².